The maximum Gasteiger partial charge on any atom is 0.443 e. The lowest BCUT2D eigenvalue weighted by Crippen LogP contribution is -2.44. The van der Waals surface area contributed by atoms with E-state index in [0.717, 1.165) is 17.6 Å². The van der Waals surface area contributed by atoms with E-state index in [0.29, 0.717) is 6.07 Å². The molecule has 0 bridgehead atoms. The van der Waals surface area contributed by atoms with E-state index in [1.54, 1.807) is 0 Å². The molecule has 7 nitrogen and oxygen atoms in total. The molecule has 2 aromatic rings. The van der Waals surface area contributed by atoms with Crippen LogP contribution in [0.4, 0.5) is 31.1 Å². The summed E-state index contributed by atoms with van der Waals surface area (Å²) in [7, 11) is 0. The van der Waals surface area contributed by atoms with Crippen LogP contribution in [0.5, 0.6) is 0 Å². The lowest BCUT2D eigenvalue weighted by molar-refractivity contribution is -0.141. The summed E-state index contributed by atoms with van der Waals surface area (Å²) in [5, 5.41) is 6.89. The number of hydrogen-bond acceptors (Lipinski definition) is 5. The Bertz CT molecular complexity index is 911. The average Bonchev–Trinajstić information content (AvgIpc) is 3.28. The van der Waals surface area contributed by atoms with Crippen LogP contribution in [-0.2, 0) is 17.1 Å². The summed E-state index contributed by atoms with van der Waals surface area (Å²) >= 11 is 0.277. The fourth-order valence-corrected chi connectivity index (χ4v) is 3.19. The number of halogens is 6. The van der Waals surface area contributed by atoms with Crippen LogP contribution in [0.25, 0.3) is 0 Å². The van der Waals surface area contributed by atoms with Crippen molar-refractivity contribution in [2.24, 2.45) is 0 Å². The van der Waals surface area contributed by atoms with E-state index >= 15 is 0 Å². The molecule has 1 saturated heterocycles. The number of nitrogens with one attached hydrogen (secondary N) is 3. The zero-order valence-electron chi connectivity index (χ0n) is 14.1. The van der Waals surface area contributed by atoms with Gasteiger partial charge in [-0.05, 0) is 11.6 Å². The molecule has 3 rings (SSSR count). The number of thiazole rings is 1. The molecular weight excluding hydrogens is 428 g/mol. The van der Waals surface area contributed by atoms with Gasteiger partial charge in [0.1, 0.15) is 11.7 Å². The third-order valence-electron chi connectivity index (χ3n) is 3.85. The number of alkyl halides is 6. The molecule has 0 aromatic carbocycles. The minimum absolute atomic E-state index is 0.0114. The molecule has 29 heavy (non-hydrogen) atoms. The molecule has 1 aliphatic heterocycles. The van der Waals surface area contributed by atoms with E-state index in [9.17, 15) is 35.9 Å². The van der Waals surface area contributed by atoms with Crippen LogP contribution >= 0.6 is 11.3 Å². The highest BCUT2D eigenvalue weighted by Crippen LogP contribution is 2.34. The molecule has 1 unspecified atom stereocenters. The molecule has 0 spiro atoms. The van der Waals surface area contributed by atoms with Crippen LogP contribution in [0.2, 0.25) is 0 Å². The summed E-state index contributed by atoms with van der Waals surface area (Å²) in [5.74, 6) is -0.755. The Balaban J connectivity index is 1.92. The third-order valence-corrected chi connectivity index (χ3v) is 4.75. The van der Waals surface area contributed by atoms with Gasteiger partial charge >= 0.3 is 18.4 Å². The van der Waals surface area contributed by atoms with Gasteiger partial charge in [0, 0.05) is 18.1 Å². The number of carbonyl (C=O) groups excluding carboxylic acids is 2. The Morgan fingerprint density at radius 2 is 1.93 bits per heavy atom. The average molecular weight is 439 g/mol. The van der Waals surface area contributed by atoms with Gasteiger partial charge in [0.15, 0.2) is 5.01 Å². The van der Waals surface area contributed by atoms with Crippen LogP contribution in [0, 0.1) is 0 Å². The molecule has 0 radical (unpaired) electrons. The quantitative estimate of drug-likeness (QED) is 0.638. The van der Waals surface area contributed by atoms with Crippen LogP contribution in [0.3, 0.4) is 0 Å². The first-order valence-corrected chi connectivity index (χ1v) is 8.73. The number of rotatable bonds is 4. The van der Waals surface area contributed by atoms with Gasteiger partial charge in [-0.2, -0.15) is 26.3 Å². The standard InChI is InChI=1S/C15H11F6N5O2S/c16-14(17,18)9-2-1-6(3-22-9)10(8-5-29-12(24-8)15(19,20)21)26-11(27)7-4-23-13(28)25-7/h1-3,5,7,10H,4H2,(H,26,27)(H2,23,25,28)/t7-,10?/m0/s1. The van der Waals surface area contributed by atoms with Gasteiger partial charge in [0.05, 0.1) is 11.7 Å². The molecule has 3 amide bonds. The second kappa shape index (κ2) is 7.50. The minimum Gasteiger partial charge on any atom is -0.342 e. The predicted octanol–water partition coefficient (Wildman–Crippen LogP) is 2.46. The minimum atomic E-state index is -4.72. The van der Waals surface area contributed by atoms with Crippen LogP contribution in [-0.4, -0.2) is 34.5 Å². The van der Waals surface area contributed by atoms with E-state index in [4.69, 9.17) is 0 Å². The Morgan fingerprint density at radius 3 is 2.41 bits per heavy atom. The van der Waals surface area contributed by atoms with Crippen LogP contribution in [0.1, 0.15) is 28.0 Å². The number of amides is 3. The van der Waals surface area contributed by atoms with E-state index < -0.39 is 47.1 Å². The van der Waals surface area contributed by atoms with E-state index in [1.807, 2.05) is 0 Å². The molecule has 14 heteroatoms. The number of pyridine rings is 1. The monoisotopic (exact) mass is 439 g/mol. The summed E-state index contributed by atoms with van der Waals surface area (Å²) in [6, 6.07) is -1.29. The first-order chi connectivity index (χ1) is 13.4. The van der Waals surface area contributed by atoms with Gasteiger partial charge in [-0.3, -0.25) is 9.78 Å². The first kappa shape index (κ1) is 20.8. The molecule has 1 fully saturated rings. The third kappa shape index (κ3) is 4.75. The van der Waals surface area contributed by atoms with Crippen molar-refractivity contribution in [3.63, 3.8) is 0 Å². The molecule has 0 saturated carbocycles. The fourth-order valence-electron chi connectivity index (χ4n) is 2.48. The highest BCUT2D eigenvalue weighted by Gasteiger charge is 2.37. The highest BCUT2D eigenvalue weighted by molar-refractivity contribution is 7.09. The van der Waals surface area contributed by atoms with Crippen molar-refractivity contribution in [3.8, 4) is 0 Å². The van der Waals surface area contributed by atoms with Crippen molar-refractivity contribution in [2.45, 2.75) is 24.4 Å². The summed E-state index contributed by atoms with van der Waals surface area (Å²) in [6.07, 6.45) is -8.63. The number of nitrogens with zero attached hydrogens (tertiary/aromatic N) is 2. The lowest BCUT2D eigenvalue weighted by atomic mass is 10.1. The van der Waals surface area contributed by atoms with Crippen molar-refractivity contribution in [1.82, 2.24) is 25.9 Å². The molecule has 2 aromatic heterocycles. The maximum atomic E-state index is 12.9. The molecule has 3 heterocycles. The van der Waals surface area contributed by atoms with Gasteiger partial charge in [-0.15, -0.1) is 11.3 Å². The van der Waals surface area contributed by atoms with Crippen molar-refractivity contribution in [1.29, 1.82) is 0 Å². The van der Waals surface area contributed by atoms with E-state index in [2.05, 4.69) is 25.9 Å². The smallest absolute Gasteiger partial charge is 0.342 e. The van der Waals surface area contributed by atoms with Crippen molar-refractivity contribution >= 4 is 23.3 Å². The van der Waals surface area contributed by atoms with Crippen molar-refractivity contribution < 1.29 is 35.9 Å². The molecule has 3 N–H and O–H groups in total. The van der Waals surface area contributed by atoms with Crippen LogP contribution < -0.4 is 16.0 Å². The molecule has 0 aliphatic carbocycles. The van der Waals surface area contributed by atoms with Gasteiger partial charge in [-0.1, -0.05) is 6.07 Å². The molecule has 1 aliphatic rings. The van der Waals surface area contributed by atoms with Crippen LogP contribution in [0.15, 0.2) is 23.7 Å². The number of carbonyl (C=O) groups is 2. The molecular formula is C15H11F6N5O2S. The van der Waals surface area contributed by atoms with E-state index in [1.165, 1.54) is 0 Å². The summed E-state index contributed by atoms with van der Waals surface area (Å²) in [6.45, 7) is -0.0620. The van der Waals surface area contributed by atoms with Gasteiger partial charge in [0.2, 0.25) is 5.91 Å². The predicted molar refractivity (Wildman–Crippen MR) is 86.7 cm³/mol. The number of aromatic nitrogens is 2. The van der Waals surface area contributed by atoms with Crippen molar-refractivity contribution in [3.05, 3.63) is 45.7 Å². The normalized spacial score (nSPS) is 18.1. The van der Waals surface area contributed by atoms with Gasteiger partial charge in [0.25, 0.3) is 0 Å². The zero-order chi connectivity index (χ0) is 21.4. The second-order valence-corrected chi connectivity index (χ2v) is 6.76. The Morgan fingerprint density at radius 1 is 1.21 bits per heavy atom. The first-order valence-electron chi connectivity index (χ1n) is 7.85. The lowest BCUT2D eigenvalue weighted by Gasteiger charge is -2.20. The summed E-state index contributed by atoms with van der Waals surface area (Å²) < 4.78 is 76.8. The topological polar surface area (TPSA) is 96.0 Å². The highest BCUT2D eigenvalue weighted by atomic mass is 32.1. The SMILES string of the molecule is O=C1NC[C@@H](C(=O)NC(c2ccc(C(F)(F)F)nc2)c2csc(C(F)(F)F)n2)N1. The Hall–Kier alpha value is -2.90. The maximum absolute atomic E-state index is 12.9. The van der Waals surface area contributed by atoms with Gasteiger partial charge < -0.3 is 16.0 Å². The van der Waals surface area contributed by atoms with E-state index in [-0.39, 0.29) is 29.1 Å². The van der Waals surface area contributed by atoms with Crippen molar-refractivity contribution in [2.75, 3.05) is 6.54 Å². The number of hydrogen-bond donors (Lipinski definition) is 3. The van der Waals surface area contributed by atoms with Gasteiger partial charge in [-0.25, -0.2) is 9.78 Å². The Labute approximate surface area is 162 Å². The number of urea groups is 1. The summed E-state index contributed by atoms with van der Waals surface area (Å²) in [4.78, 5) is 30.3. The molecule has 156 valence electrons. The molecule has 2 atom stereocenters. The Kier molecular flexibility index (Phi) is 5.38. The fraction of sp³-hybridized carbons (Fsp3) is 0.333. The largest absolute Gasteiger partial charge is 0.443 e. The summed E-state index contributed by atoms with van der Waals surface area (Å²) in [5.41, 5.74) is -1.44. The second-order valence-electron chi connectivity index (χ2n) is 5.90. The zero-order valence-corrected chi connectivity index (χ0v) is 14.9.